The van der Waals surface area contributed by atoms with E-state index in [9.17, 15) is 30.0 Å². The maximum Gasteiger partial charge on any atom is 0.336 e. The van der Waals surface area contributed by atoms with E-state index in [-0.39, 0.29) is 5.75 Å². The fraction of sp³-hybridized carbons (Fsp3) is 0.375. The molecular formula is C16H18O10. The van der Waals surface area contributed by atoms with Gasteiger partial charge in [-0.1, -0.05) is 6.07 Å². The van der Waals surface area contributed by atoms with E-state index in [0.29, 0.717) is 5.56 Å². The van der Waals surface area contributed by atoms with Crippen LogP contribution in [-0.4, -0.2) is 79.7 Å². The summed E-state index contributed by atoms with van der Waals surface area (Å²) >= 11 is 0. The second-order valence-electron chi connectivity index (χ2n) is 5.58. The highest BCUT2D eigenvalue weighted by molar-refractivity contribution is 5.87. The van der Waals surface area contributed by atoms with E-state index in [2.05, 4.69) is 0 Å². The molecule has 10 heteroatoms. The van der Waals surface area contributed by atoms with Gasteiger partial charge in [0, 0.05) is 6.08 Å². The number of rotatable bonds is 5. The Balaban J connectivity index is 2.10. The zero-order valence-corrected chi connectivity index (χ0v) is 13.3. The van der Waals surface area contributed by atoms with Gasteiger partial charge in [0.15, 0.2) is 23.7 Å². The zero-order valence-electron chi connectivity index (χ0n) is 13.3. The first-order valence-electron chi connectivity index (χ1n) is 7.50. The van der Waals surface area contributed by atoms with Crippen molar-refractivity contribution in [1.29, 1.82) is 0 Å². The average molecular weight is 370 g/mol. The number of phenols is 2. The highest BCUT2D eigenvalue weighted by Gasteiger charge is 2.49. The minimum atomic E-state index is -1.78. The van der Waals surface area contributed by atoms with Gasteiger partial charge in [0.2, 0.25) is 0 Å². The lowest BCUT2D eigenvalue weighted by molar-refractivity contribution is -0.239. The van der Waals surface area contributed by atoms with Gasteiger partial charge in [0.1, 0.15) is 18.3 Å². The molecule has 6 N–H and O–H groups in total. The molecule has 0 radical (unpaired) electrons. The lowest BCUT2D eigenvalue weighted by atomic mass is 9.95. The summed E-state index contributed by atoms with van der Waals surface area (Å²) in [6.45, 7) is -0.729. The second kappa shape index (κ2) is 8.15. The Labute approximate surface area is 147 Å². The third kappa shape index (κ3) is 4.29. The van der Waals surface area contributed by atoms with Crippen molar-refractivity contribution in [2.45, 2.75) is 30.5 Å². The lowest BCUT2D eigenvalue weighted by Crippen LogP contribution is -2.61. The van der Waals surface area contributed by atoms with Crippen LogP contribution in [0.3, 0.4) is 0 Å². The number of hydrogen-bond donors (Lipinski definition) is 6. The first-order valence-corrected chi connectivity index (χ1v) is 7.50. The molecule has 26 heavy (non-hydrogen) atoms. The van der Waals surface area contributed by atoms with E-state index >= 15 is 0 Å². The Morgan fingerprint density at radius 1 is 1.15 bits per heavy atom. The molecule has 1 aliphatic heterocycles. The van der Waals surface area contributed by atoms with E-state index in [1.54, 1.807) is 0 Å². The van der Waals surface area contributed by atoms with Gasteiger partial charge in [-0.05, 0) is 23.8 Å². The highest BCUT2D eigenvalue weighted by atomic mass is 16.6. The van der Waals surface area contributed by atoms with Crippen LogP contribution in [0, 0.1) is 0 Å². The number of esters is 1. The smallest absolute Gasteiger partial charge is 0.336 e. The number of aliphatic carboxylic acids is 1. The fourth-order valence-corrected chi connectivity index (χ4v) is 2.40. The van der Waals surface area contributed by atoms with Gasteiger partial charge in [-0.25, -0.2) is 9.59 Å². The number of aliphatic hydroxyl groups is 3. The van der Waals surface area contributed by atoms with Crippen molar-refractivity contribution in [3.05, 3.63) is 29.8 Å². The van der Waals surface area contributed by atoms with Gasteiger partial charge in [0.25, 0.3) is 0 Å². The maximum atomic E-state index is 11.9. The molecule has 1 aromatic carbocycles. The summed E-state index contributed by atoms with van der Waals surface area (Å²) in [6, 6.07) is 3.77. The molecule has 1 aliphatic rings. The van der Waals surface area contributed by atoms with Crippen molar-refractivity contribution in [3.63, 3.8) is 0 Å². The molecule has 1 aromatic rings. The Bertz CT molecular complexity index is 700. The van der Waals surface area contributed by atoms with Crippen LogP contribution in [0.2, 0.25) is 0 Å². The third-order valence-electron chi connectivity index (χ3n) is 3.77. The number of ether oxygens (including phenoxy) is 2. The number of benzene rings is 1. The molecular weight excluding hydrogens is 352 g/mol. The summed E-state index contributed by atoms with van der Waals surface area (Å²) in [7, 11) is 0. The van der Waals surface area contributed by atoms with Crippen LogP contribution in [0.5, 0.6) is 11.5 Å². The highest BCUT2D eigenvalue weighted by Crippen LogP contribution is 2.26. The quantitative estimate of drug-likeness (QED) is 0.205. The molecule has 0 saturated carbocycles. The van der Waals surface area contributed by atoms with Gasteiger partial charge in [0.05, 0.1) is 6.61 Å². The summed E-state index contributed by atoms with van der Waals surface area (Å²) in [5, 5.41) is 56.6. The molecule has 1 heterocycles. The van der Waals surface area contributed by atoms with E-state index in [1.165, 1.54) is 24.3 Å². The predicted octanol–water partition coefficient (Wildman–Crippen LogP) is -1.41. The van der Waals surface area contributed by atoms with Crippen LogP contribution in [0.1, 0.15) is 5.56 Å². The van der Waals surface area contributed by atoms with Crippen LogP contribution in [0.25, 0.3) is 6.08 Å². The van der Waals surface area contributed by atoms with Gasteiger partial charge >= 0.3 is 11.9 Å². The van der Waals surface area contributed by atoms with Crippen molar-refractivity contribution < 1.29 is 49.7 Å². The van der Waals surface area contributed by atoms with Gasteiger partial charge in [-0.3, -0.25) is 0 Å². The lowest BCUT2D eigenvalue weighted by Gasteiger charge is -2.39. The van der Waals surface area contributed by atoms with Gasteiger partial charge in [-0.15, -0.1) is 0 Å². The van der Waals surface area contributed by atoms with Crippen LogP contribution in [0.15, 0.2) is 24.3 Å². The van der Waals surface area contributed by atoms with Crippen molar-refractivity contribution in [1.82, 2.24) is 0 Å². The number of aliphatic hydroxyl groups excluding tert-OH is 3. The molecule has 5 atom stereocenters. The van der Waals surface area contributed by atoms with E-state index < -0.39 is 54.8 Å². The number of phenolic OH excluding ortho intramolecular Hbond substituents is 2. The van der Waals surface area contributed by atoms with E-state index in [1.807, 2.05) is 0 Å². The van der Waals surface area contributed by atoms with Crippen molar-refractivity contribution in [2.75, 3.05) is 6.61 Å². The van der Waals surface area contributed by atoms with Crippen LogP contribution >= 0.6 is 0 Å². The number of carboxylic acids is 1. The summed E-state index contributed by atoms with van der Waals surface area (Å²) in [5.41, 5.74) is 0.341. The minimum Gasteiger partial charge on any atom is -0.504 e. The number of aromatic hydroxyl groups is 2. The van der Waals surface area contributed by atoms with Crippen molar-refractivity contribution >= 4 is 18.0 Å². The Morgan fingerprint density at radius 2 is 1.85 bits per heavy atom. The number of carbonyl (C=O) groups is 2. The first kappa shape index (κ1) is 19.7. The fourth-order valence-electron chi connectivity index (χ4n) is 2.40. The minimum absolute atomic E-state index is 0.341. The topological polar surface area (TPSA) is 174 Å². The molecule has 0 aromatic heterocycles. The number of carboxylic acid groups (broad SMARTS) is 1. The molecule has 10 nitrogen and oxygen atoms in total. The number of hydrogen-bond acceptors (Lipinski definition) is 9. The molecule has 1 saturated heterocycles. The maximum absolute atomic E-state index is 11.9. The molecule has 0 spiro atoms. The van der Waals surface area contributed by atoms with E-state index in [0.717, 1.165) is 6.08 Å². The van der Waals surface area contributed by atoms with Gasteiger partial charge < -0.3 is 40.1 Å². The standard InChI is InChI=1S/C16H18O10/c17-6-10-12(21)13(22)14(15(25-10)16(23)24)26-11(20)4-2-7-1-3-8(18)9(19)5-7/h1-5,10,12-15,17-19,21-22H,6H2,(H,23,24)/t10-,12-,13+,14-,15?/m1/s1. The van der Waals surface area contributed by atoms with Crippen LogP contribution in [0.4, 0.5) is 0 Å². The summed E-state index contributed by atoms with van der Waals surface area (Å²) in [6.07, 6.45) is -6.11. The summed E-state index contributed by atoms with van der Waals surface area (Å²) < 4.78 is 9.84. The van der Waals surface area contributed by atoms with E-state index in [4.69, 9.17) is 19.7 Å². The molecule has 1 unspecified atom stereocenters. The SMILES string of the molecule is O=C(C=Cc1ccc(O)c(O)c1)O[C@H]1C(C(=O)O)O[C@H](CO)[C@@H](O)[C@@H]1O. The number of carbonyl (C=O) groups excluding carboxylic acids is 1. The normalized spacial score (nSPS) is 28.8. The molecule has 142 valence electrons. The predicted molar refractivity (Wildman–Crippen MR) is 84.1 cm³/mol. The molecule has 2 rings (SSSR count). The Morgan fingerprint density at radius 3 is 2.42 bits per heavy atom. The van der Waals surface area contributed by atoms with Crippen molar-refractivity contribution in [2.24, 2.45) is 0 Å². The third-order valence-corrected chi connectivity index (χ3v) is 3.77. The van der Waals surface area contributed by atoms with Crippen LogP contribution < -0.4 is 0 Å². The van der Waals surface area contributed by atoms with Crippen LogP contribution in [-0.2, 0) is 19.1 Å². The van der Waals surface area contributed by atoms with Gasteiger partial charge in [-0.2, -0.15) is 0 Å². The Hall–Kier alpha value is -2.66. The summed E-state index contributed by atoms with van der Waals surface area (Å²) in [5.74, 6) is -3.32. The Kier molecular flexibility index (Phi) is 6.16. The largest absolute Gasteiger partial charge is 0.504 e. The monoisotopic (exact) mass is 370 g/mol. The first-order chi connectivity index (χ1) is 12.2. The average Bonchev–Trinajstić information content (AvgIpc) is 2.60. The molecule has 0 bridgehead atoms. The summed E-state index contributed by atoms with van der Waals surface area (Å²) in [4.78, 5) is 23.1. The zero-order chi connectivity index (χ0) is 19.4. The second-order valence-corrected chi connectivity index (χ2v) is 5.58. The molecule has 1 fully saturated rings. The van der Waals surface area contributed by atoms with Crippen molar-refractivity contribution in [3.8, 4) is 11.5 Å². The molecule has 0 aliphatic carbocycles. The molecule has 0 amide bonds.